The van der Waals surface area contributed by atoms with Crippen LogP contribution in [0.4, 0.5) is 4.39 Å². The van der Waals surface area contributed by atoms with E-state index in [1.807, 2.05) is 4.98 Å². The van der Waals surface area contributed by atoms with E-state index in [1.165, 1.54) is 0 Å². The Balaban J connectivity index is 2.30. The Labute approximate surface area is 129 Å². The lowest BCUT2D eigenvalue weighted by Gasteiger charge is -2.20. The Bertz CT molecular complexity index is 713. The molecule has 9 nitrogen and oxygen atoms in total. The van der Waals surface area contributed by atoms with Crippen LogP contribution in [0.25, 0.3) is 0 Å². The summed E-state index contributed by atoms with van der Waals surface area (Å²) in [4.78, 5) is 46.9. The molecule has 0 radical (unpaired) electrons. The fourth-order valence-corrected chi connectivity index (χ4v) is 2.20. The van der Waals surface area contributed by atoms with E-state index in [-0.39, 0.29) is 0 Å². The van der Waals surface area contributed by atoms with Gasteiger partial charge in [0, 0.05) is 26.1 Å². The van der Waals surface area contributed by atoms with E-state index in [9.17, 15) is 23.6 Å². The minimum Gasteiger partial charge on any atom is -0.463 e. The summed E-state index contributed by atoms with van der Waals surface area (Å²) in [7, 11) is 0. The number of hydrogen-bond acceptors (Lipinski definition) is 7. The molecule has 0 aromatic carbocycles. The summed E-state index contributed by atoms with van der Waals surface area (Å²) in [6, 6.07) is 1.04. The Morgan fingerprint density at radius 2 is 2.04 bits per heavy atom. The number of ether oxygens (including phenoxy) is 3. The average Bonchev–Trinajstić information content (AvgIpc) is 2.73. The van der Waals surface area contributed by atoms with Crippen LogP contribution in [0.1, 0.15) is 20.1 Å². The summed E-state index contributed by atoms with van der Waals surface area (Å²) in [5.41, 5.74) is -1.48. The van der Waals surface area contributed by atoms with Crippen molar-refractivity contribution in [2.24, 2.45) is 0 Å². The second-order valence-corrected chi connectivity index (χ2v) is 4.90. The molecule has 4 atom stereocenters. The molecular formula is C13H15FN2O7. The second-order valence-electron chi connectivity index (χ2n) is 4.90. The number of halogens is 1. The number of hydrogen-bond donors (Lipinski definition) is 1. The molecule has 10 heteroatoms. The molecule has 1 unspecified atom stereocenters. The van der Waals surface area contributed by atoms with E-state index in [4.69, 9.17) is 14.2 Å². The molecule has 0 amide bonds. The normalized spacial score (nSPS) is 26.7. The Hall–Kier alpha value is -2.49. The minimum absolute atomic E-state index is 0.400. The van der Waals surface area contributed by atoms with Crippen molar-refractivity contribution in [2.75, 3.05) is 6.61 Å². The molecule has 126 valence electrons. The monoisotopic (exact) mass is 330 g/mol. The molecule has 1 N–H and O–H groups in total. The summed E-state index contributed by atoms with van der Waals surface area (Å²) >= 11 is 0. The number of esters is 2. The molecule has 1 fully saturated rings. The van der Waals surface area contributed by atoms with Gasteiger partial charge in [0.2, 0.25) is 0 Å². The van der Waals surface area contributed by atoms with Crippen molar-refractivity contribution in [1.82, 2.24) is 9.55 Å². The minimum atomic E-state index is -1.82. The molecule has 1 aromatic rings. The van der Waals surface area contributed by atoms with Crippen LogP contribution in [0.3, 0.4) is 0 Å². The molecule has 0 aliphatic carbocycles. The third kappa shape index (κ3) is 3.83. The molecule has 23 heavy (non-hydrogen) atoms. The van der Waals surface area contributed by atoms with E-state index in [0.717, 1.165) is 30.7 Å². The van der Waals surface area contributed by atoms with Gasteiger partial charge in [-0.1, -0.05) is 0 Å². The van der Waals surface area contributed by atoms with Crippen molar-refractivity contribution in [3.63, 3.8) is 0 Å². The molecule has 0 spiro atoms. The lowest BCUT2D eigenvalue weighted by atomic mass is 10.1. The number of carbonyl (C=O) groups excluding carboxylic acids is 2. The smallest absolute Gasteiger partial charge is 0.330 e. The standard InChI is InChI=1S/C13H15FN2O7/c1-6(17)21-5-8-10(14)11(22-7(2)18)12(23-8)16-4-3-9(19)15-13(16)20/h3-4,8,10-12H,5H2,1-2H3,(H,15,19,20)/t8-,10+,11-,12?/m1/s1. The number of alkyl halides is 1. The number of H-pyrrole nitrogens is 1. The van der Waals surface area contributed by atoms with Crippen molar-refractivity contribution >= 4 is 11.9 Å². The summed E-state index contributed by atoms with van der Waals surface area (Å²) in [6.07, 6.45) is -4.65. The topological polar surface area (TPSA) is 117 Å². The lowest BCUT2D eigenvalue weighted by molar-refractivity contribution is -0.154. The Morgan fingerprint density at radius 3 is 2.61 bits per heavy atom. The van der Waals surface area contributed by atoms with Gasteiger partial charge in [0.05, 0.1) is 0 Å². The van der Waals surface area contributed by atoms with Gasteiger partial charge in [0.15, 0.2) is 18.5 Å². The zero-order valence-corrected chi connectivity index (χ0v) is 12.4. The maximum absolute atomic E-state index is 14.4. The molecule has 0 saturated carbocycles. The van der Waals surface area contributed by atoms with Gasteiger partial charge in [-0.2, -0.15) is 0 Å². The SMILES string of the molecule is CC(=O)OC[C@H]1OC(n2ccc(=O)[nH]c2=O)[C@H](OC(C)=O)[C@H]1F. The van der Waals surface area contributed by atoms with Crippen molar-refractivity contribution in [1.29, 1.82) is 0 Å². The Kier molecular flexibility index (Phi) is 4.94. The van der Waals surface area contributed by atoms with Gasteiger partial charge in [-0.3, -0.25) is 23.9 Å². The van der Waals surface area contributed by atoms with Crippen molar-refractivity contribution in [3.8, 4) is 0 Å². The number of aromatic nitrogens is 2. The summed E-state index contributed by atoms with van der Waals surface area (Å²) in [5.74, 6) is -1.40. The predicted octanol–water partition coefficient (Wildman–Crippen LogP) is -0.733. The van der Waals surface area contributed by atoms with E-state index >= 15 is 0 Å². The molecule has 2 rings (SSSR count). The first kappa shape index (κ1) is 16.9. The number of carbonyl (C=O) groups is 2. The van der Waals surface area contributed by atoms with E-state index < -0.39 is 54.4 Å². The van der Waals surface area contributed by atoms with Crippen molar-refractivity contribution in [3.05, 3.63) is 33.1 Å². The highest BCUT2D eigenvalue weighted by molar-refractivity contribution is 5.66. The zero-order chi connectivity index (χ0) is 17.1. The molecule has 0 bridgehead atoms. The van der Waals surface area contributed by atoms with Crippen LogP contribution in [0, 0.1) is 0 Å². The molecule has 1 aromatic heterocycles. The number of nitrogens with zero attached hydrogens (tertiary/aromatic N) is 1. The van der Waals surface area contributed by atoms with E-state index in [1.54, 1.807) is 0 Å². The first-order valence-corrected chi connectivity index (χ1v) is 6.71. The highest BCUT2D eigenvalue weighted by atomic mass is 19.1. The van der Waals surface area contributed by atoms with Gasteiger partial charge in [0.25, 0.3) is 5.56 Å². The van der Waals surface area contributed by atoms with Crippen molar-refractivity contribution < 1.29 is 28.2 Å². The van der Waals surface area contributed by atoms with Crippen LogP contribution in [0.2, 0.25) is 0 Å². The first-order chi connectivity index (χ1) is 10.8. The van der Waals surface area contributed by atoms with Gasteiger partial charge in [-0.15, -0.1) is 0 Å². The van der Waals surface area contributed by atoms with Gasteiger partial charge in [-0.25, -0.2) is 9.18 Å². The summed E-state index contributed by atoms with van der Waals surface area (Å²) in [5, 5.41) is 0. The fraction of sp³-hybridized carbons (Fsp3) is 0.538. The van der Waals surface area contributed by atoms with Crippen LogP contribution >= 0.6 is 0 Å². The Morgan fingerprint density at radius 1 is 1.35 bits per heavy atom. The largest absolute Gasteiger partial charge is 0.463 e. The van der Waals surface area contributed by atoms with Crippen molar-refractivity contribution in [2.45, 2.75) is 38.5 Å². The fourth-order valence-electron chi connectivity index (χ4n) is 2.20. The first-order valence-electron chi connectivity index (χ1n) is 6.71. The number of aromatic amines is 1. The zero-order valence-electron chi connectivity index (χ0n) is 12.4. The average molecular weight is 330 g/mol. The van der Waals surface area contributed by atoms with Gasteiger partial charge in [0.1, 0.15) is 12.7 Å². The predicted molar refractivity (Wildman–Crippen MR) is 72.3 cm³/mol. The van der Waals surface area contributed by atoms with Gasteiger partial charge in [-0.05, 0) is 0 Å². The third-order valence-electron chi connectivity index (χ3n) is 3.14. The highest BCUT2D eigenvalue weighted by Crippen LogP contribution is 2.33. The van der Waals surface area contributed by atoms with E-state index in [0.29, 0.717) is 0 Å². The van der Waals surface area contributed by atoms with Crippen LogP contribution in [-0.4, -0.2) is 46.5 Å². The molecule has 1 saturated heterocycles. The number of nitrogens with one attached hydrogen (secondary N) is 1. The molecule has 2 heterocycles. The van der Waals surface area contributed by atoms with Crippen LogP contribution in [0.15, 0.2) is 21.9 Å². The van der Waals surface area contributed by atoms with E-state index in [2.05, 4.69) is 0 Å². The summed E-state index contributed by atoms with van der Waals surface area (Å²) in [6.45, 7) is 1.83. The number of rotatable bonds is 4. The molecular weight excluding hydrogens is 315 g/mol. The van der Waals surface area contributed by atoms with Gasteiger partial charge < -0.3 is 14.2 Å². The lowest BCUT2D eigenvalue weighted by Crippen LogP contribution is -2.38. The second kappa shape index (κ2) is 6.73. The van der Waals surface area contributed by atoms with Crippen LogP contribution < -0.4 is 11.2 Å². The summed E-state index contributed by atoms with van der Waals surface area (Å²) < 4.78 is 30.3. The van der Waals surface area contributed by atoms with Crippen LogP contribution in [0.5, 0.6) is 0 Å². The quantitative estimate of drug-likeness (QED) is 0.723. The maximum Gasteiger partial charge on any atom is 0.330 e. The highest BCUT2D eigenvalue weighted by Gasteiger charge is 2.49. The molecule has 1 aliphatic rings. The molecule has 1 aliphatic heterocycles. The van der Waals surface area contributed by atoms with Gasteiger partial charge >= 0.3 is 17.6 Å². The van der Waals surface area contributed by atoms with Crippen LogP contribution in [-0.2, 0) is 23.8 Å². The third-order valence-corrected chi connectivity index (χ3v) is 3.14. The maximum atomic E-state index is 14.4.